The molecular weight excluding hydrogens is 299 g/mol. The first kappa shape index (κ1) is 14.2. The molecule has 1 N–H and O–H groups in total. The van der Waals surface area contributed by atoms with Gasteiger partial charge in [-0.15, -0.1) is 0 Å². The molecule has 3 rings (SSSR count). The van der Waals surface area contributed by atoms with Gasteiger partial charge in [0.25, 0.3) is 0 Å². The summed E-state index contributed by atoms with van der Waals surface area (Å²) < 4.78 is 39.8. The van der Waals surface area contributed by atoms with Crippen molar-refractivity contribution in [1.82, 2.24) is 9.97 Å². The smallest absolute Gasteiger partial charge is 0.194 e. The van der Waals surface area contributed by atoms with Gasteiger partial charge in [-0.2, -0.15) is 11.8 Å². The summed E-state index contributed by atoms with van der Waals surface area (Å²) in [6.45, 7) is 2.62. The average Bonchev–Trinajstić information content (AvgIpc) is 2.93. The summed E-state index contributed by atoms with van der Waals surface area (Å²) in [5.74, 6) is -1.55. The predicted octanol–water partition coefficient (Wildman–Crippen LogP) is 3.74. The highest BCUT2D eigenvalue weighted by atomic mass is 32.2. The Labute approximate surface area is 124 Å². The van der Waals surface area contributed by atoms with Crippen molar-refractivity contribution in [3.8, 4) is 11.4 Å². The number of rotatable bonds is 3. The quantitative estimate of drug-likeness (QED) is 0.876. The minimum Gasteiger partial charge on any atom is -0.370 e. The molecule has 0 atom stereocenters. The second kappa shape index (κ2) is 5.55. The summed E-state index contributed by atoms with van der Waals surface area (Å²) in [6.07, 6.45) is 0. The Morgan fingerprint density at radius 3 is 2.52 bits per heavy atom. The number of hydrogen-bond donors (Lipinski definition) is 1. The molecule has 0 spiro atoms. The third kappa shape index (κ3) is 2.57. The maximum atomic E-state index is 13.4. The molecule has 1 aromatic carbocycles. The van der Waals surface area contributed by atoms with Crippen molar-refractivity contribution in [1.29, 1.82) is 0 Å². The normalized spacial score (nSPS) is 13.3. The molecular formula is C14H12F3N3S. The van der Waals surface area contributed by atoms with Crippen molar-refractivity contribution in [3.05, 3.63) is 40.8 Å². The van der Waals surface area contributed by atoms with Crippen molar-refractivity contribution in [2.45, 2.75) is 18.4 Å². The first-order valence-electron chi connectivity index (χ1n) is 6.46. The molecule has 2 aromatic rings. The lowest BCUT2D eigenvalue weighted by Crippen LogP contribution is -2.07. The second-order valence-electron chi connectivity index (χ2n) is 4.60. The lowest BCUT2D eigenvalue weighted by atomic mass is 10.1. The molecule has 7 heteroatoms. The van der Waals surface area contributed by atoms with Crippen molar-refractivity contribution in [2.24, 2.45) is 0 Å². The van der Waals surface area contributed by atoms with Gasteiger partial charge in [0, 0.05) is 29.2 Å². The van der Waals surface area contributed by atoms with E-state index in [1.54, 1.807) is 11.8 Å². The van der Waals surface area contributed by atoms with Crippen LogP contribution in [0.4, 0.5) is 19.0 Å². The SMILES string of the molecule is CCNc1nc(-c2cc(F)c(F)c(F)c2)nc2c1CSC2. The average molecular weight is 311 g/mol. The maximum absolute atomic E-state index is 13.4. The molecule has 1 aliphatic heterocycles. The van der Waals surface area contributed by atoms with E-state index < -0.39 is 17.5 Å². The highest BCUT2D eigenvalue weighted by Gasteiger charge is 2.21. The zero-order valence-electron chi connectivity index (χ0n) is 11.2. The Bertz CT molecular complexity index is 683. The van der Waals surface area contributed by atoms with E-state index in [9.17, 15) is 13.2 Å². The second-order valence-corrected chi connectivity index (χ2v) is 5.58. The van der Waals surface area contributed by atoms with Crippen LogP contribution in [0, 0.1) is 17.5 Å². The monoisotopic (exact) mass is 311 g/mol. The summed E-state index contributed by atoms with van der Waals surface area (Å²) >= 11 is 1.70. The molecule has 0 radical (unpaired) electrons. The van der Waals surface area contributed by atoms with Crippen molar-refractivity contribution in [2.75, 3.05) is 11.9 Å². The number of nitrogens with one attached hydrogen (secondary N) is 1. The Balaban J connectivity index is 2.13. The van der Waals surface area contributed by atoms with Crippen LogP contribution in [0.3, 0.4) is 0 Å². The van der Waals surface area contributed by atoms with Gasteiger partial charge in [0.1, 0.15) is 5.82 Å². The number of thioether (sulfide) groups is 1. The molecule has 0 aliphatic carbocycles. The number of benzene rings is 1. The van der Waals surface area contributed by atoms with E-state index >= 15 is 0 Å². The highest BCUT2D eigenvalue weighted by molar-refractivity contribution is 7.98. The molecule has 21 heavy (non-hydrogen) atoms. The standard InChI is InChI=1S/C14H12F3N3S/c1-2-18-14-8-5-21-6-11(8)19-13(20-14)7-3-9(15)12(17)10(16)4-7/h3-4H,2,5-6H2,1H3,(H,18,19,20). The van der Waals surface area contributed by atoms with Crippen LogP contribution in [0.15, 0.2) is 12.1 Å². The molecule has 3 nitrogen and oxygen atoms in total. The van der Waals surface area contributed by atoms with Crippen LogP contribution in [-0.4, -0.2) is 16.5 Å². The molecule has 0 unspecified atom stereocenters. The fourth-order valence-corrected chi connectivity index (χ4v) is 3.22. The molecule has 0 bridgehead atoms. The van der Waals surface area contributed by atoms with Crippen molar-refractivity contribution < 1.29 is 13.2 Å². The number of anilines is 1. The largest absolute Gasteiger partial charge is 0.370 e. The fraction of sp³-hybridized carbons (Fsp3) is 0.286. The fourth-order valence-electron chi connectivity index (χ4n) is 2.18. The number of aromatic nitrogens is 2. The Hall–Kier alpha value is -1.76. The van der Waals surface area contributed by atoms with Crippen LogP contribution in [-0.2, 0) is 11.5 Å². The van der Waals surface area contributed by atoms with Gasteiger partial charge in [0.15, 0.2) is 23.3 Å². The van der Waals surface area contributed by atoms with Gasteiger partial charge in [-0.25, -0.2) is 23.1 Å². The number of hydrogen-bond acceptors (Lipinski definition) is 4. The van der Waals surface area contributed by atoms with Gasteiger partial charge < -0.3 is 5.32 Å². The topological polar surface area (TPSA) is 37.8 Å². The van der Waals surface area contributed by atoms with Crippen LogP contribution in [0.1, 0.15) is 18.2 Å². The summed E-state index contributed by atoms with van der Waals surface area (Å²) in [5, 5.41) is 3.13. The first-order chi connectivity index (χ1) is 10.1. The van der Waals surface area contributed by atoms with Crippen molar-refractivity contribution >= 4 is 17.6 Å². The minimum absolute atomic E-state index is 0.130. The minimum atomic E-state index is -1.48. The molecule has 0 fully saturated rings. The predicted molar refractivity (Wildman–Crippen MR) is 76.5 cm³/mol. The number of halogens is 3. The van der Waals surface area contributed by atoms with Gasteiger partial charge in [-0.05, 0) is 19.1 Å². The van der Waals surface area contributed by atoms with Crippen molar-refractivity contribution in [3.63, 3.8) is 0 Å². The van der Waals surface area contributed by atoms with E-state index in [1.807, 2.05) is 6.92 Å². The zero-order valence-corrected chi connectivity index (χ0v) is 12.0. The molecule has 110 valence electrons. The Kier molecular flexibility index (Phi) is 3.75. The Morgan fingerprint density at radius 1 is 1.14 bits per heavy atom. The number of fused-ring (bicyclic) bond motifs is 1. The van der Waals surface area contributed by atoms with E-state index in [0.29, 0.717) is 12.4 Å². The molecule has 1 aliphatic rings. The molecule has 2 heterocycles. The molecule has 0 amide bonds. The lowest BCUT2D eigenvalue weighted by Gasteiger charge is -2.11. The van der Waals surface area contributed by atoms with E-state index in [-0.39, 0.29) is 11.4 Å². The van der Waals surface area contributed by atoms with E-state index in [1.165, 1.54) is 0 Å². The van der Waals surface area contributed by atoms with Crippen LogP contribution < -0.4 is 5.32 Å². The summed E-state index contributed by atoms with van der Waals surface area (Å²) in [7, 11) is 0. The summed E-state index contributed by atoms with van der Waals surface area (Å²) in [5.41, 5.74) is 2.00. The lowest BCUT2D eigenvalue weighted by molar-refractivity contribution is 0.447. The van der Waals surface area contributed by atoms with Crippen LogP contribution in [0.25, 0.3) is 11.4 Å². The molecule has 0 saturated heterocycles. The van der Waals surface area contributed by atoms with Crippen LogP contribution >= 0.6 is 11.8 Å². The maximum Gasteiger partial charge on any atom is 0.194 e. The third-order valence-electron chi connectivity index (χ3n) is 3.16. The van der Waals surface area contributed by atoms with Gasteiger partial charge in [0.05, 0.1) is 5.69 Å². The highest BCUT2D eigenvalue weighted by Crippen LogP contribution is 2.34. The zero-order chi connectivity index (χ0) is 15.0. The van der Waals surface area contributed by atoms with E-state index in [4.69, 9.17) is 0 Å². The molecule has 0 saturated carbocycles. The van der Waals surface area contributed by atoms with Gasteiger partial charge in [0.2, 0.25) is 0 Å². The van der Waals surface area contributed by atoms with Gasteiger partial charge in [-0.3, -0.25) is 0 Å². The van der Waals surface area contributed by atoms with Crippen LogP contribution in [0.2, 0.25) is 0 Å². The first-order valence-corrected chi connectivity index (χ1v) is 7.62. The van der Waals surface area contributed by atoms with Crippen LogP contribution in [0.5, 0.6) is 0 Å². The number of nitrogens with zero attached hydrogens (tertiary/aromatic N) is 2. The third-order valence-corrected chi connectivity index (χ3v) is 4.13. The molecule has 1 aromatic heterocycles. The van der Waals surface area contributed by atoms with Gasteiger partial charge >= 0.3 is 0 Å². The summed E-state index contributed by atoms with van der Waals surface area (Å²) in [4.78, 5) is 8.68. The van der Waals surface area contributed by atoms with E-state index in [0.717, 1.165) is 34.9 Å². The van der Waals surface area contributed by atoms with Gasteiger partial charge in [-0.1, -0.05) is 0 Å². The van der Waals surface area contributed by atoms with E-state index in [2.05, 4.69) is 15.3 Å². The summed E-state index contributed by atoms with van der Waals surface area (Å²) in [6, 6.07) is 1.83. The Morgan fingerprint density at radius 2 is 1.86 bits per heavy atom.